The van der Waals surface area contributed by atoms with E-state index in [1.807, 2.05) is 55.4 Å². The number of para-hydroxylation sites is 1. The predicted octanol–water partition coefficient (Wildman–Crippen LogP) is 4.73. The van der Waals surface area contributed by atoms with Gasteiger partial charge in [0.2, 0.25) is 0 Å². The molecule has 1 heterocycles. The number of carbonyl (C=O) groups is 1. The molecule has 0 saturated carbocycles. The SMILES string of the molecule is COc1ccc(C2Sc3cccc(Oc4ccc(F)cc4)c3N(CCN(C)C)C(=O)C2O)cc1. The molecule has 1 amide bonds. The highest BCUT2D eigenvalue weighted by molar-refractivity contribution is 7.99. The average Bonchev–Trinajstić information content (AvgIpc) is 2.94. The quantitative estimate of drug-likeness (QED) is 0.526. The van der Waals surface area contributed by atoms with E-state index in [-0.39, 0.29) is 5.82 Å². The second-order valence-corrected chi connectivity index (χ2v) is 9.39. The summed E-state index contributed by atoms with van der Waals surface area (Å²) in [5, 5.41) is 10.7. The number of hydrogen-bond donors (Lipinski definition) is 1. The van der Waals surface area contributed by atoms with Crippen LogP contribution in [-0.2, 0) is 4.79 Å². The van der Waals surface area contributed by atoms with E-state index in [0.717, 1.165) is 10.5 Å². The summed E-state index contributed by atoms with van der Waals surface area (Å²) >= 11 is 1.41. The van der Waals surface area contributed by atoms with E-state index in [4.69, 9.17) is 9.47 Å². The highest BCUT2D eigenvalue weighted by Crippen LogP contribution is 2.49. The summed E-state index contributed by atoms with van der Waals surface area (Å²) in [5.74, 6) is 0.862. The summed E-state index contributed by atoms with van der Waals surface area (Å²) in [6.45, 7) is 0.968. The topological polar surface area (TPSA) is 62.2 Å². The van der Waals surface area contributed by atoms with Crippen molar-refractivity contribution >= 4 is 23.4 Å². The number of aliphatic hydroxyl groups is 1. The maximum absolute atomic E-state index is 13.6. The molecule has 1 aliphatic heterocycles. The number of methoxy groups -OCH3 is 1. The Morgan fingerprint density at radius 1 is 1.03 bits per heavy atom. The van der Waals surface area contributed by atoms with E-state index in [1.165, 1.54) is 23.9 Å². The van der Waals surface area contributed by atoms with Crippen LogP contribution < -0.4 is 14.4 Å². The van der Waals surface area contributed by atoms with E-state index in [1.54, 1.807) is 30.2 Å². The second kappa shape index (κ2) is 10.5. The van der Waals surface area contributed by atoms with Crippen LogP contribution in [0.25, 0.3) is 0 Å². The first-order valence-corrected chi connectivity index (χ1v) is 11.8. The average molecular weight is 483 g/mol. The van der Waals surface area contributed by atoms with Crippen LogP contribution in [0, 0.1) is 5.82 Å². The van der Waals surface area contributed by atoms with Crippen molar-refractivity contribution in [2.24, 2.45) is 0 Å². The molecule has 3 aromatic rings. The number of amides is 1. The molecule has 4 rings (SSSR count). The third kappa shape index (κ3) is 5.19. The fraction of sp³-hybridized carbons (Fsp3) is 0.269. The smallest absolute Gasteiger partial charge is 0.257 e. The zero-order valence-corrected chi connectivity index (χ0v) is 20.1. The van der Waals surface area contributed by atoms with Gasteiger partial charge in [0.1, 0.15) is 29.1 Å². The first kappa shape index (κ1) is 24.1. The third-order valence-electron chi connectivity index (χ3n) is 5.55. The van der Waals surface area contributed by atoms with Crippen molar-refractivity contribution in [3.63, 3.8) is 0 Å². The highest BCUT2D eigenvalue weighted by Gasteiger charge is 2.38. The standard InChI is InChI=1S/C26H27FN2O4S/c1-28(2)15-16-29-23-21(33-20-13-9-18(27)10-14-20)5-4-6-22(23)34-25(24(30)26(29)31)17-7-11-19(32-3)12-8-17/h4-14,24-25,30H,15-16H2,1-3H3. The first-order valence-electron chi connectivity index (χ1n) is 10.9. The van der Waals surface area contributed by atoms with Gasteiger partial charge in [0.15, 0.2) is 5.75 Å². The highest BCUT2D eigenvalue weighted by atomic mass is 32.2. The minimum absolute atomic E-state index is 0.358. The number of benzene rings is 3. The molecule has 0 bridgehead atoms. The van der Waals surface area contributed by atoms with Crippen molar-refractivity contribution in [2.45, 2.75) is 16.2 Å². The van der Waals surface area contributed by atoms with Gasteiger partial charge in [0, 0.05) is 18.0 Å². The van der Waals surface area contributed by atoms with E-state index >= 15 is 0 Å². The van der Waals surface area contributed by atoms with Gasteiger partial charge < -0.3 is 24.4 Å². The summed E-state index contributed by atoms with van der Waals surface area (Å²) in [6, 6.07) is 18.6. The number of hydrogen-bond acceptors (Lipinski definition) is 6. The molecule has 2 unspecified atom stereocenters. The van der Waals surface area contributed by atoms with Crippen LogP contribution in [0.4, 0.5) is 10.1 Å². The normalized spacial score (nSPS) is 17.9. The van der Waals surface area contributed by atoms with Crippen LogP contribution in [0.5, 0.6) is 17.2 Å². The maximum Gasteiger partial charge on any atom is 0.257 e. The number of carbonyl (C=O) groups excluding carboxylic acids is 1. The molecule has 34 heavy (non-hydrogen) atoms. The molecular formula is C26H27FN2O4S. The third-order valence-corrected chi connectivity index (χ3v) is 6.92. The number of rotatable bonds is 7. The van der Waals surface area contributed by atoms with Gasteiger partial charge >= 0.3 is 0 Å². The number of likely N-dealkylation sites (N-methyl/N-ethyl adjacent to an activating group) is 1. The Labute approximate surface area is 202 Å². The van der Waals surface area contributed by atoms with Gasteiger partial charge in [-0.15, -0.1) is 11.8 Å². The molecule has 2 atom stereocenters. The lowest BCUT2D eigenvalue weighted by atomic mass is 10.1. The van der Waals surface area contributed by atoms with Crippen LogP contribution >= 0.6 is 11.8 Å². The van der Waals surface area contributed by atoms with E-state index in [9.17, 15) is 14.3 Å². The molecule has 0 aromatic heterocycles. The van der Waals surface area contributed by atoms with E-state index < -0.39 is 17.3 Å². The molecule has 1 N–H and O–H groups in total. The molecule has 0 saturated heterocycles. The molecule has 6 nitrogen and oxygen atoms in total. The zero-order valence-electron chi connectivity index (χ0n) is 19.3. The van der Waals surface area contributed by atoms with Gasteiger partial charge in [-0.3, -0.25) is 4.79 Å². The zero-order chi connectivity index (χ0) is 24.2. The number of aliphatic hydroxyl groups excluding tert-OH is 1. The van der Waals surface area contributed by atoms with Crippen molar-refractivity contribution < 1.29 is 23.8 Å². The largest absolute Gasteiger partial charge is 0.497 e. The van der Waals surface area contributed by atoms with Crippen LogP contribution in [0.15, 0.2) is 71.6 Å². The van der Waals surface area contributed by atoms with Crippen LogP contribution in [0.3, 0.4) is 0 Å². The summed E-state index contributed by atoms with van der Waals surface area (Å²) in [5.41, 5.74) is 1.41. The van der Waals surface area contributed by atoms with Gasteiger partial charge in [-0.2, -0.15) is 0 Å². The summed E-state index contributed by atoms with van der Waals surface area (Å²) in [7, 11) is 5.44. The van der Waals surface area contributed by atoms with Gasteiger partial charge in [-0.05, 0) is 68.2 Å². The first-order chi connectivity index (χ1) is 16.4. The van der Waals surface area contributed by atoms with E-state index in [0.29, 0.717) is 36.0 Å². The lowest BCUT2D eigenvalue weighted by molar-refractivity contribution is -0.126. The Balaban J connectivity index is 1.77. The fourth-order valence-corrected chi connectivity index (χ4v) is 5.03. The molecule has 0 aliphatic carbocycles. The molecule has 1 aliphatic rings. The van der Waals surface area contributed by atoms with Gasteiger partial charge in [-0.1, -0.05) is 18.2 Å². The number of ether oxygens (including phenoxy) is 2. The minimum Gasteiger partial charge on any atom is -0.497 e. The Bertz CT molecular complexity index is 1140. The summed E-state index contributed by atoms with van der Waals surface area (Å²) in [6.07, 6.45) is -1.26. The monoisotopic (exact) mass is 482 g/mol. The predicted molar refractivity (Wildman–Crippen MR) is 131 cm³/mol. The van der Waals surface area contributed by atoms with Crippen LogP contribution in [0.1, 0.15) is 10.8 Å². The van der Waals surface area contributed by atoms with Crippen molar-refractivity contribution in [3.8, 4) is 17.2 Å². The molecule has 0 spiro atoms. The minimum atomic E-state index is -1.26. The van der Waals surface area contributed by atoms with Crippen molar-refractivity contribution in [3.05, 3.63) is 78.1 Å². The van der Waals surface area contributed by atoms with Crippen molar-refractivity contribution in [1.82, 2.24) is 4.90 Å². The maximum atomic E-state index is 13.6. The van der Waals surface area contributed by atoms with E-state index in [2.05, 4.69) is 0 Å². The lowest BCUT2D eigenvalue weighted by Gasteiger charge is -2.27. The fourth-order valence-electron chi connectivity index (χ4n) is 3.74. The summed E-state index contributed by atoms with van der Waals surface area (Å²) < 4.78 is 24.7. The summed E-state index contributed by atoms with van der Waals surface area (Å²) in [4.78, 5) is 18.0. The Hall–Kier alpha value is -3.07. The Kier molecular flexibility index (Phi) is 7.41. The van der Waals surface area contributed by atoms with Crippen LogP contribution in [-0.4, -0.2) is 56.3 Å². The number of thioether (sulfide) groups is 1. The van der Waals surface area contributed by atoms with Gasteiger partial charge in [0.05, 0.1) is 12.4 Å². The van der Waals surface area contributed by atoms with Crippen LogP contribution in [0.2, 0.25) is 0 Å². The number of halogens is 1. The van der Waals surface area contributed by atoms with Gasteiger partial charge in [-0.25, -0.2) is 4.39 Å². The molecule has 0 radical (unpaired) electrons. The van der Waals surface area contributed by atoms with Crippen molar-refractivity contribution in [2.75, 3.05) is 39.2 Å². The molecule has 0 fully saturated rings. The number of fused-ring (bicyclic) bond motifs is 1. The van der Waals surface area contributed by atoms with Gasteiger partial charge in [0.25, 0.3) is 5.91 Å². The lowest BCUT2D eigenvalue weighted by Crippen LogP contribution is -2.43. The molecular weight excluding hydrogens is 455 g/mol. The molecule has 178 valence electrons. The number of nitrogens with zero attached hydrogens (tertiary/aromatic N) is 2. The second-order valence-electron chi connectivity index (χ2n) is 8.21. The Morgan fingerprint density at radius 2 is 1.71 bits per heavy atom. The van der Waals surface area contributed by atoms with Crippen molar-refractivity contribution in [1.29, 1.82) is 0 Å². The number of anilines is 1. The Morgan fingerprint density at radius 3 is 2.35 bits per heavy atom. The molecule has 3 aromatic carbocycles. The molecule has 8 heteroatoms.